The van der Waals surface area contributed by atoms with E-state index in [4.69, 9.17) is 0 Å². The predicted octanol–water partition coefficient (Wildman–Crippen LogP) is 15.1. The summed E-state index contributed by atoms with van der Waals surface area (Å²) in [5.41, 5.74) is 0. The second kappa shape index (κ2) is 20.6. The van der Waals surface area contributed by atoms with Gasteiger partial charge in [0.15, 0.2) is 0 Å². The third kappa shape index (κ3) is 11.5. The van der Waals surface area contributed by atoms with Crippen molar-refractivity contribution in [3.8, 4) is 11.8 Å². The molecule has 0 amide bonds. The van der Waals surface area contributed by atoms with E-state index in [1.54, 1.807) is 32.1 Å². The van der Waals surface area contributed by atoms with Crippen LogP contribution in [-0.2, 0) is 0 Å². The highest BCUT2D eigenvalue weighted by Gasteiger charge is 2.40. The van der Waals surface area contributed by atoms with E-state index in [0.29, 0.717) is 5.92 Å². The molecule has 4 fully saturated rings. The Balaban J connectivity index is 1.14. The molecule has 0 heterocycles. The van der Waals surface area contributed by atoms with Crippen molar-refractivity contribution in [2.45, 2.75) is 214 Å². The first-order valence-corrected chi connectivity index (χ1v) is 22.9. The highest BCUT2D eigenvalue weighted by molar-refractivity contribution is 5.10. The van der Waals surface area contributed by atoms with E-state index in [0.717, 1.165) is 71.0 Å². The first-order chi connectivity index (χ1) is 23.4. The average molecular weight is 661 g/mol. The van der Waals surface area contributed by atoms with E-state index in [1.165, 1.54) is 148 Å². The number of fused-ring (bicyclic) bond motifs is 1. The van der Waals surface area contributed by atoms with Crippen molar-refractivity contribution in [1.29, 1.82) is 0 Å². The molecule has 276 valence electrons. The largest absolute Gasteiger partial charge is 0.103 e. The lowest BCUT2D eigenvalue weighted by Gasteiger charge is -2.44. The predicted molar refractivity (Wildman–Crippen MR) is 211 cm³/mol. The first-order valence-electron chi connectivity index (χ1n) is 22.9. The second-order valence-electron chi connectivity index (χ2n) is 19.6. The van der Waals surface area contributed by atoms with Gasteiger partial charge >= 0.3 is 0 Å². The summed E-state index contributed by atoms with van der Waals surface area (Å²) in [4.78, 5) is 0. The molecule has 48 heavy (non-hydrogen) atoms. The monoisotopic (exact) mass is 661 g/mol. The Morgan fingerprint density at radius 3 is 2.21 bits per heavy atom. The summed E-state index contributed by atoms with van der Waals surface area (Å²) in [6.45, 7) is 12.9. The highest BCUT2D eigenvalue weighted by atomic mass is 14.4. The first kappa shape index (κ1) is 38.8. The van der Waals surface area contributed by atoms with Gasteiger partial charge < -0.3 is 0 Å². The summed E-state index contributed by atoms with van der Waals surface area (Å²) in [5, 5.41) is 0. The highest BCUT2D eigenvalue weighted by Crippen LogP contribution is 2.49. The van der Waals surface area contributed by atoms with Crippen molar-refractivity contribution in [2.75, 3.05) is 0 Å². The smallest absolute Gasteiger partial charge is 0.0239 e. The zero-order valence-corrected chi connectivity index (χ0v) is 33.3. The van der Waals surface area contributed by atoms with Gasteiger partial charge in [0.1, 0.15) is 0 Å². The van der Waals surface area contributed by atoms with Crippen molar-refractivity contribution in [3.05, 3.63) is 0 Å². The number of hydrogen-bond acceptors (Lipinski definition) is 0. The molecule has 0 spiro atoms. The number of hydrogen-bond donors (Lipinski definition) is 0. The lowest BCUT2D eigenvalue weighted by Crippen LogP contribution is -2.36. The maximum absolute atomic E-state index is 4.03. The quantitative estimate of drug-likeness (QED) is 0.136. The van der Waals surface area contributed by atoms with E-state index in [-0.39, 0.29) is 0 Å². The van der Waals surface area contributed by atoms with Crippen LogP contribution in [0.1, 0.15) is 214 Å². The molecule has 0 heteroatoms. The van der Waals surface area contributed by atoms with Crippen LogP contribution in [0.2, 0.25) is 0 Å². The van der Waals surface area contributed by atoms with Crippen LogP contribution in [0.15, 0.2) is 0 Å². The zero-order valence-electron chi connectivity index (χ0n) is 33.3. The lowest BCUT2D eigenvalue weighted by atomic mass is 9.61. The van der Waals surface area contributed by atoms with E-state index in [2.05, 4.69) is 46.5 Å². The fourth-order valence-corrected chi connectivity index (χ4v) is 13.0. The summed E-state index contributed by atoms with van der Waals surface area (Å²) in [6.07, 6.45) is 41.4. The molecule has 5 rings (SSSR count). The molecule has 0 aliphatic heterocycles. The van der Waals surface area contributed by atoms with Gasteiger partial charge in [0, 0.05) is 12.3 Å². The summed E-state index contributed by atoms with van der Waals surface area (Å²) in [5.74, 6) is 20.0. The third-order valence-electron chi connectivity index (χ3n) is 16.1. The van der Waals surface area contributed by atoms with Crippen LogP contribution in [0.4, 0.5) is 0 Å². The minimum Gasteiger partial charge on any atom is -0.103 e. The standard InChI is InChI=1S/C48H84/c1-6-7-19-39(5)48(46-28-11-9-22-40(34-46)23-17-29-41-24-10-8-20-37(41)3)47-30-15-14-27-45(47)33-36(2)18-16-21-38(4)43-32-31-42-25-12-13-26-44(42)35-43/h36-48H,6-10,12-27,29-35H2,1-5H3. The molecule has 5 aliphatic rings. The van der Waals surface area contributed by atoms with Crippen LogP contribution < -0.4 is 0 Å². The van der Waals surface area contributed by atoms with Gasteiger partial charge in [-0.05, 0) is 116 Å². The summed E-state index contributed by atoms with van der Waals surface area (Å²) >= 11 is 0. The SMILES string of the molecule is CCCCC(C)C(C1C#CCCC(CCCC2CCCCC2C)C1)C1CCCCC1CC(C)CCCC(C)C1CCC2CCCCC2C1. The van der Waals surface area contributed by atoms with Gasteiger partial charge in [-0.1, -0.05) is 169 Å². The van der Waals surface area contributed by atoms with Crippen LogP contribution >= 0.6 is 0 Å². The Kier molecular flexibility index (Phi) is 16.6. The Morgan fingerprint density at radius 1 is 0.646 bits per heavy atom. The van der Waals surface area contributed by atoms with Crippen molar-refractivity contribution >= 4 is 0 Å². The Hall–Kier alpha value is -0.440. The topological polar surface area (TPSA) is 0 Å². The lowest BCUT2D eigenvalue weighted by molar-refractivity contribution is 0.0637. The Bertz CT molecular complexity index is 935. The fourth-order valence-electron chi connectivity index (χ4n) is 13.0. The molecule has 0 aromatic heterocycles. The second-order valence-corrected chi connectivity index (χ2v) is 19.6. The van der Waals surface area contributed by atoms with Crippen LogP contribution in [0.3, 0.4) is 0 Å². The molecule has 13 atom stereocenters. The normalized spacial score (nSPS) is 36.9. The fraction of sp³-hybridized carbons (Fsp3) is 0.958. The molecule has 0 aromatic carbocycles. The molecular formula is C48H84. The zero-order chi connectivity index (χ0) is 33.7. The Labute approximate surface area is 302 Å². The van der Waals surface area contributed by atoms with Gasteiger partial charge in [0.25, 0.3) is 0 Å². The third-order valence-corrected chi connectivity index (χ3v) is 16.1. The molecule has 5 aliphatic carbocycles. The van der Waals surface area contributed by atoms with Crippen molar-refractivity contribution < 1.29 is 0 Å². The van der Waals surface area contributed by atoms with E-state index < -0.39 is 0 Å². The van der Waals surface area contributed by atoms with Gasteiger partial charge in [-0.3, -0.25) is 0 Å². The number of unbranched alkanes of at least 4 members (excludes halogenated alkanes) is 1. The minimum absolute atomic E-state index is 0.666. The molecule has 0 N–H and O–H groups in total. The van der Waals surface area contributed by atoms with E-state index in [9.17, 15) is 0 Å². The van der Waals surface area contributed by atoms with Gasteiger partial charge in [0.2, 0.25) is 0 Å². The van der Waals surface area contributed by atoms with Crippen molar-refractivity contribution in [1.82, 2.24) is 0 Å². The van der Waals surface area contributed by atoms with Crippen LogP contribution in [-0.4, -0.2) is 0 Å². The van der Waals surface area contributed by atoms with Gasteiger partial charge in [-0.2, -0.15) is 0 Å². The summed E-state index contributed by atoms with van der Waals surface area (Å²) < 4.78 is 0. The number of rotatable bonds is 17. The molecule has 4 saturated carbocycles. The van der Waals surface area contributed by atoms with Crippen molar-refractivity contribution in [2.24, 2.45) is 76.9 Å². The molecular weight excluding hydrogens is 577 g/mol. The maximum Gasteiger partial charge on any atom is 0.0239 e. The van der Waals surface area contributed by atoms with Gasteiger partial charge in [0.05, 0.1) is 0 Å². The molecule has 0 bridgehead atoms. The minimum atomic E-state index is 0.666. The van der Waals surface area contributed by atoms with E-state index in [1.807, 2.05) is 0 Å². The van der Waals surface area contributed by atoms with E-state index >= 15 is 0 Å². The van der Waals surface area contributed by atoms with Crippen molar-refractivity contribution in [3.63, 3.8) is 0 Å². The molecule has 13 unspecified atom stereocenters. The maximum atomic E-state index is 4.03. The molecule has 0 aromatic rings. The van der Waals surface area contributed by atoms with Gasteiger partial charge in [-0.25, -0.2) is 0 Å². The van der Waals surface area contributed by atoms with Crippen LogP contribution in [0.25, 0.3) is 0 Å². The summed E-state index contributed by atoms with van der Waals surface area (Å²) in [7, 11) is 0. The molecule has 0 nitrogen and oxygen atoms in total. The molecule has 0 radical (unpaired) electrons. The van der Waals surface area contributed by atoms with Crippen LogP contribution in [0.5, 0.6) is 0 Å². The average Bonchev–Trinajstić information content (AvgIpc) is 3.34. The Morgan fingerprint density at radius 2 is 1.40 bits per heavy atom. The molecule has 0 saturated heterocycles. The van der Waals surface area contributed by atoms with Gasteiger partial charge in [-0.15, -0.1) is 5.92 Å². The van der Waals surface area contributed by atoms with Crippen LogP contribution in [0, 0.1) is 88.8 Å². The summed E-state index contributed by atoms with van der Waals surface area (Å²) in [6, 6.07) is 0.